The average Bonchev–Trinajstić information content (AvgIpc) is 3.15. The highest BCUT2D eigenvalue weighted by Crippen LogP contribution is 2.41. The number of hydrogen-bond acceptors (Lipinski definition) is 4. The van der Waals surface area contributed by atoms with Crippen molar-refractivity contribution in [1.29, 1.82) is 0 Å². The smallest absolute Gasteiger partial charge is 0.266 e. The highest BCUT2D eigenvalue weighted by atomic mass is 16.5. The van der Waals surface area contributed by atoms with Crippen molar-refractivity contribution in [2.75, 3.05) is 25.1 Å². The number of aromatic amines is 1. The summed E-state index contributed by atoms with van der Waals surface area (Å²) >= 11 is 0. The maximum Gasteiger partial charge on any atom is 0.266 e. The molecule has 5 heteroatoms. The van der Waals surface area contributed by atoms with Gasteiger partial charge >= 0.3 is 0 Å². The quantitative estimate of drug-likeness (QED) is 0.802. The summed E-state index contributed by atoms with van der Waals surface area (Å²) in [6.45, 7) is 3.66. The number of anilines is 1. The fourth-order valence-corrected chi connectivity index (χ4v) is 4.68. The highest BCUT2D eigenvalue weighted by molar-refractivity contribution is 5.95. The Labute approximate surface area is 165 Å². The van der Waals surface area contributed by atoms with Crippen molar-refractivity contribution in [3.63, 3.8) is 0 Å². The molecule has 1 aliphatic heterocycles. The lowest BCUT2D eigenvalue weighted by atomic mass is 9.89. The lowest BCUT2D eigenvalue weighted by Crippen LogP contribution is -2.44. The van der Waals surface area contributed by atoms with E-state index in [2.05, 4.69) is 22.7 Å². The summed E-state index contributed by atoms with van der Waals surface area (Å²) < 4.78 is 5.66. The zero-order valence-electron chi connectivity index (χ0n) is 16.7. The lowest BCUT2D eigenvalue weighted by molar-refractivity contribution is -0.0132. The van der Waals surface area contributed by atoms with E-state index in [0.29, 0.717) is 5.56 Å². The number of fused-ring (bicyclic) bond motifs is 1. The Morgan fingerprint density at radius 1 is 1.21 bits per heavy atom. The summed E-state index contributed by atoms with van der Waals surface area (Å²) in [4.78, 5) is 17.7. The Balaban J connectivity index is 1.85. The maximum absolute atomic E-state index is 12.6. The van der Waals surface area contributed by atoms with Crippen molar-refractivity contribution in [2.24, 2.45) is 0 Å². The number of methoxy groups -OCH3 is 1. The Morgan fingerprint density at radius 2 is 1.89 bits per heavy atom. The SMILES string of the molecule is C#Cc1c(N2CCC(C)(OC)CC2)c2cc(C3(O)CCCC3)ccc2[nH]c1=O. The monoisotopic (exact) mass is 380 g/mol. The van der Waals surface area contributed by atoms with Gasteiger partial charge < -0.3 is 19.7 Å². The highest BCUT2D eigenvalue weighted by Gasteiger charge is 2.34. The zero-order chi connectivity index (χ0) is 19.9. The lowest BCUT2D eigenvalue weighted by Gasteiger charge is -2.40. The van der Waals surface area contributed by atoms with E-state index in [1.807, 2.05) is 18.2 Å². The number of nitrogens with one attached hydrogen (secondary N) is 1. The van der Waals surface area contributed by atoms with Crippen LogP contribution in [-0.2, 0) is 10.3 Å². The van der Waals surface area contributed by atoms with E-state index in [0.717, 1.165) is 73.8 Å². The standard InChI is InChI=1S/C23H28N2O3/c1-4-17-20(25-13-11-22(2,28-3)12-14-25)18-15-16(23(27)9-5-6-10-23)7-8-19(18)24-21(17)26/h1,7-8,15,27H,5-6,9-14H2,2-3H3,(H,24,26). The van der Waals surface area contributed by atoms with Gasteiger partial charge in [0.1, 0.15) is 5.56 Å². The number of nitrogens with zero attached hydrogens (tertiary/aromatic N) is 1. The minimum Gasteiger partial charge on any atom is -0.385 e. The van der Waals surface area contributed by atoms with Gasteiger partial charge in [0, 0.05) is 25.6 Å². The first-order valence-corrected chi connectivity index (χ1v) is 10.1. The topological polar surface area (TPSA) is 65.6 Å². The molecule has 2 aromatic rings. The van der Waals surface area contributed by atoms with Crippen LogP contribution >= 0.6 is 0 Å². The van der Waals surface area contributed by atoms with Gasteiger partial charge in [0.15, 0.2) is 0 Å². The molecule has 0 amide bonds. The molecule has 2 fully saturated rings. The minimum absolute atomic E-state index is 0.145. The minimum atomic E-state index is -0.783. The molecule has 5 nitrogen and oxygen atoms in total. The number of aliphatic hydroxyl groups is 1. The normalized spacial score (nSPS) is 21.0. The first-order valence-electron chi connectivity index (χ1n) is 10.1. The summed E-state index contributed by atoms with van der Waals surface area (Å²) in [5.41, 5.74) is 1.67. The second-order valence-corrected chi connectivity index (χ2v) is 8.46. The predicted molar refractivity (Wildman–Crippen MR) is 112 cm³/mol. The Kier molecular flexibility index (Phi) is 4.73. The Morgan fingerprint density at radius 3 is 2.50 bits per heavy atom. The van der Waals surface area contributed by atoms with Crippen molar-refractivity contribution in [2.45, 2.75) is 56.7 Å². The Bertz CT molecular complexity index is 987. The third-order valence-electron chi connectivity index (χ3n) is 6.73. The average molecular weight is 380 g/mol. The summed E-state index contributed by atoms with van der Waals surface area (Å²) in [5, 5.41) is 12.0. The van der Waals surface area contributed by atoms with Crippen LogP contribution in [-0.4, -0.2) is 35.9 Å². The molecule has 1 aromatic heterocycles. The third kappa shape index (κ3) is 3.11. The number of benzene rings is 1. The number of aromatic nitrogens is 1. The van der Waals surface area contributed by atoms with Gasteiger partial charge in [-0.2, -0.15) is 0 Å². The number of H-pyrrole nitrogens is 1. The maximum atomic E-state index is 12.6. The van der Waals surface area contributed by atoms with Crippen molar-refractivity contribution >= 4 is 16.6 Å². The molecular weight excluding hydrogens is 352 g/mol. The number of rotatable bonds is 3. The molecule has 1 saturated heterocycles. The summed E-state index contributed by atoms with van der Waals surface area (Å²) in [5.74, 6) is 2.61. The van der Waals surface area contributed by atoms with Crippen molar-refractivity contribution in [1.82, 2.24) is 4.98 Å². The van der Waals surface area contributed by atoms with Crippen molar-refractivity contribution in [3.8, 4) is 12.3 Å². The number of terminal acetylenes is 1. The van der Waals surface area contributed by atoms with Gasteiger partial charge in [0.25, 0.3) is 5.56 Å². The summed E-state index contributed by atoms with van der Waals surface area (Å²) in [7, 11) is 1.75. The molecule has 1 aromatic carbocycles. The first kappa shape index (κ1) is 19.0. The number of ether oxygens (including phenoxy) is 1. The second kappa shape index (κ2) is 6.95. The van der Waals surface area contributed by atoms with Gasteiger partial charge in [-0.05, 0) is 50.3 Å². The van der Waals surface area contributed by atoms with E-state index < -0.39 is 5.60 Å². The molecule has 28 heavy (non-hydrogen) atoms. The van der Waals surface area contributed by atoms with Crippen LogP contribution in [0.25, 0.3) is 10.9 Å². The summed E-state index contributed by atoms with van der Waals surface area (Å²) in [6.07, 6.45) is 11.1. The van der Waals surface area contributed by atoms with Crippen LogP contribution in [0.15, 0.2) is 23.0 Å². The molecule has 1 aliphatic carbocycles. The van der Waals surface area contributed by atoms with E-state index >= 15 is 0 Å². The van der Waals surface area contributed by atoms with Gasteiger partial charge in [-0.15, -0.1) is 6.42 Å². The third-order valence-corrected chi connectivity index (χ3v) is 6.73. The largest absolute Gasteiger partial charge is 0.385 e. The van der Waals surface area contributed by atoms with Gasteiger partial charge in [-0.1, -0.05) is 24.8 Å². The summed E-state index contributed by atoms with van der Waals surface area (Å²) in [6, 6.07) is 5.85. The van der Waals surface area contributed by atoms with Crippen LogP contribution in [0.2, 0.25) is 0 Å². The van der Waals surface area contributed by atoms with E-state index in [9.17, 15) is 9.90 Å². The number of pyridine rings is 1. The fraction of sp³-hybridized carbons (Fsp3) is 0.522. The van der Waals surface area contributed by atoms with Crippen LogP contribution in [0, 0.1) is 12.3 Å². The zero-order valence-corrected chi connectivity index (χ0v) is 16.7. The number of hydrogen-bond donors (Lipinski definition) is 2. The van der Waals surface area contributed by atoms with Gasteiger partial charge in [-0.3, -0.25) is 4.79 Å². The molecule has 0 bridgehead atoms. The van der Waals surface area contributed by atoms with Crippen LogP contribution < -0.4 is 10.5 Å². The number of piperidine rings is 1. The van der Waals surface area contributed by atoms with Crippen molar-refractivity contribution in [3.05, 3.63) is 39.7 Å². The molecule has 2 N–H and O–H groups in total. The molecule has 0 unspecified atom stereocenters. The van der Waals surface area contributed by atoms with Crippen molar-refractivity contribution < 1.29 is 9.84 Å². The first-order chi connectivity index (χ1) is 13.4. The van der Waals surface area contributed by atoms with E-state index in [1.54, 1.807) is 7.11 Å². The van der Waals surface area contributed by atoms with Gasteiger partial charge in [0.05, 0.1) is 22.4 Å². The second-order valence-electron chi connectivity index (χ2n) is 8.46. The molecule has 2 aliphatic rings. The Hall–Kier alpha value is -2.29. The molecule has 2 heterocycles. The molecule has 4 rings (SSSR count). The molecule has 0 atom stereocenters. The molecule has 0 radical (unpaired) electrons. The van der Waals surface area contributed by atoms with E-state index in [-0.39, 0.29) is 11.2 Å². The predicted octanol–water partition coefficient (Wildman–Crippen LogP) is 3.28. The van der Waals surface area contributed by atoms with Gasteiger partial charge in [0.2, 0.25) is 0 Å². The van der Waals surface area contributed by atoms with Crippen LogP contribution in [0.5, 0.6) is 0 Å². The van der Waals surface area contributed by atoms with Crippen LogP contribution in [0.3, 0.4) is 0 Å². The van der Waals surface area contributed by atoms with E-state index in [4.69, 9.17) is 11.2 Å². The van der Waals surface area contributed by atoms with E-state index in [1.165, 1.54) is 0 Å². The molecule has 0 spiro atoms. The molecule has 148 valence electrons. The van der Waals surface area contributed by atoms with Gasteiger partial charge in [-0.25, -0.2) is 0 Å². The molecule has 1 saturated carbocycles. The van der Waals surface area contributed by atoms with Crippen LogP contribution in [0.1, 0.15) is 56.6 Å². The fourth-order valence-electron chi connectivity index (χ4n) is 4.68. The molecular formula is C23H28N2O3. The van der Waals surface area contributed by atoms with Crippen LogP contribution in [0.4, 0.5) is 5.69 Å².